The molecule has 0 aromatic heterocycles. The lowest BCUT2D eigenvalue weighted by Crippen LogP contribution is -2.44. The smallest absolute Gasteiger partial charge is 0.305 e. The molecule has 1 heterocycles. The van der Waals surface area contributed by atoms with Crippen LogP contribution in [-0.4, -0.2) is 39.4 Å². The SMILES string of the molecule is CC(C)C1=C(C(=O)Nc2ccccc2)C(c2ccccc2)C(CCC(O)CC(O)CC(=O)O)(c2ccc(F)cc2)N1. The molecule has 5 N–H and O–H groups in total. The highest BCUT2D eigenvalue weighted by atomic mass is 19.1. The summed E-state index contributed by atoms with van der Waals surface area (Å²) in [5, 5.41) is 36.7. The Kier molecular flexibility index (Phi) is 9.57. The molecule has 1 amide bonds. The van der Waals surface area contributed by atoms with Crippen molar-refractivity contribution in [3.05, 3.63) is 113 Å². The van der Waals surface area contributed by atoms with E-state index in [1.165, 1.54) is 12.1 Å². The number of anilines is 1. The summed E-state index contributed by atoms with van der Waals surface area (Å²) in [6.07, 6.45) is -2.24. The molecule has 0 aliphatic carbocycles. The molecule has 0 spiro atoms. The van der Waals surface area contributed by atoms with Crippen molar-refractivity contribution in [2.24, 2.45) is 5.92 Å². The summed E-state index contributed by atoms with van der Waals surface area (Å²) in [6.45, 7) is 4.00. The van der Waals surface area contributed by atoms with Crippen molar-refractivity contribution in [1.82, 2.24) is 5.32 Å². The van der Waals surface area contributed by atoms with Crippen molar-refractivity contribution in [2.45, 2.75) is 63.2 Å². The van der Waals surface area contributed by atoms with Gasteiger partial charge in [-0.05, 0) is 60.6 Å². The molecule has 0 saturated carbocycles. The Balaban J connectivity index is 1.81. The quantitative estimate of drug-likeness (QED) is 0.205. The number of benzene rings is 3. The van der Waals surface area contributed by atoms with Crippen LogP contribution in [0.25, 0.3) is 0 Å². The van der Waals surface area contributed by atoms with Gasteiger partial charge in [0.15, 0.2) is 0 Å². The lowest BCUT2D eigenvalue weighted by Gasteiger charge is -2.39. The average Bonchev–Trinajstić information content (AvgIpc) is 3.30. The number of halogens is 1. The molecule has 3 aromatic carbocycles. The first kappa shape index (κ1) is 30.0. The van der Waals surface area contributed by atoms with Crippen LogP contribution < -0.4 is 10.6 Å². The second-order valence-electron chi connectivity index (χ2n) is 10.9. The van der Waals surface area contributed by atoms with Crippen molar-refractivity contribution >= 4 is 17.6 Å². The first-order valence-corrected chi connectivity index (χ1v) is 13.9. The summed E-state index contributed by atoms with van der Waals surface area (Å²) in [5.41, 5.74) is 2.63. The Morgan fingerprint density at radius 3 is 2.12 bits per heavy atom. The zero-order valence-corrected chi connectivity index (χ0v) is 23.3. The molecule has 0 radical (unpaired) electrons. The summed E-state index contributed by atoms with van der Waals surface area (Å²) in [4.78, 5) is 25.1. The van der Waals surface area contributed by atoms with E-state index in [0.717, 1.165) is 16.8 Å². The number of carbonyl (C=O) groups excluding carboxylic acids is 1. The van der Waals surface area contributed by atoms with Crippen molar-refractivity contribution in [2.75, 3.05) is 5.32 Å². The molecule has 41 heavy (non-hydrogen) atoms. The van der Waals surface area contributed by atoms with Gasteiger partial charge in [0.2, 0.25) is 0 Å². The molecule has 1 aliphatic rings. The van der Waals surface area contributed by atoms with E-state index in [1.54, 1.807) is 12.1 Å². The number of hydrogen-bond donors (Lipinski definition) is 5. The first-order valence-electron chi connectivity index (χ1n) is 13.9. The molecule has 7 nitrogen and oxygen atoms in total. The molecule has 0 bridgehead atoms. The van der Waals surface area contributed by atoms with Crippen molar-refractivity contribution in [3.8, 4) is 0 Å². The topological polar surface area (TPSA) is 119 Å². The van der Waals surface area contributed by atoms with Crippen molar-refractivity contribution in [1.29, 1.82) is 0 Å². The number of carbonyl (C=O) groups is 2. The van der Waals surface area contributed by atoms with E-state index in [2.05, 4.69) is 10.6 Å². The minimum Gasteiger partial charge on any atom is -0.481 e. The molecule has 0 fully saturated rings. The van der Waals surface area contributed by atoms with E-state index in [-0.39, 0.29) is 24.7 Å². The first-order chi connectivity index (χ1) is 19.6. The number of allylic oxidation sites excluding steroid dienone is 1. The van der Waals surface area contributed by atoms with E-state index >= 15 is 0 Å². The monoisotopic (exact) mass is 560 g/mol. The fourth-order valence-electron chi connectivity index (χ4n) is 5.76. The predicted molar refractivity (Wildman–Crippen MR) is 155 cm³/mol. The minimum atomic E-state index is -1.19. The average molecular weight is 561 g/mol. The number of para-hydroxylation sites is 1. The molecular weight excluding hydrogens is 523 g/mol. The van der Waals surface area contributed by atoms with E-state index in [4.69, 9.17) is 5.11 Å². The van der Waals surface area contributed by atoms with Crippen molar-refractivity contribution in [3.63, 3.8) is 0 Å². The highest BCUT2D eigenvalue weighted by Gasteiger charge is 2.51. The van der Waals surface area contributed by atoms with Crippen LogP contribution in [-0.2, 0) is 15.1 Å². The summed E-state index contributed by atoms with van der Waals surface area (Å²) >= 11 is 0. The van der Waals surface area contributed by atoms with E-state index in [1.807, 2.05) is 74.5 Å². The van der Waals surface area contributed by atoms with Gasteiger partial charge in [0, 0.05) is 22.9 Å². The van der Waals surface area contributed by atoms with Gasteiger partial charge in [0.05, 0.1) is 24.2 Å². The molecule has 4 atom stereocenters. The third kappa shape index (κ3) is 7.01. The predicted octanol–water partition coefficient (Wildman–Crippen LogP) is 5.32. The maximum Gasteiger partial charge on any atom is 0.305 e. The zero-order chi connectivity index (χ0) is 29.6. The molecule has 4 rings (SSSR count). The highest BCUT2D eigenvalue weighted by molar-refractivity contribution is 6.06. The van der Waals surface area contributed by atoms with Gasteiger partial charge in [0.1, 0.15) is 5.82 Å². The lowest BCUT2D eigenvalue weighted by molar-refractivity contribution is -0.139. The number of aliphatic hydroxyl groups is 2. The van der Waals surface area contributed by atoms with Gasteiger partial charge in [-0.15, -0.1) is 0 Å². The maximum atomic E-state index is 14.1. The van der Waals surface area contributed by atoms with Gasteiger partial charge in [0.25, 0.3) is 5.91 Å². The van der Waals surface area contributed by atoms with Crippen LogP contribution in [0.15, 0.2) is 96.2 Å². The van der Waals surface area contributed by atoms with Gasteiger partial charge in [-0.25, -0.2) is 4.39 Å². The highest BCUT2D eigenvalue weighted by Crippen LogP contribution is 2.52. The summed E-state index contributed by atoms with van der Waals surface area (Å²) in [5.74, 6) is -2.38. The van der Waals surface area contributed by atoms with E-state index in [9.17, 15) is 24.2 Å². The van der Waals surface area contributed by atoms with Crippen LogP contribution in [0, 0.1) is 11.7 Å². The standard InChI is InChI=1S/C33H37FN2O5/c1-21(2)31-29(32(41)35-25-11-7-4-8-12-25)30(22-9-5-3-6-10-22)33(36-31,23-13-15-24(34)16-14-23)18-17-26(37)19-27(38)20-28(39)40/h3-16,21,26-27,30,36-38H,17-20H2,1-2H3,(H,35,41)(H,39,40). The van der Waals surface area contributed by atoms with E-state index in [0.29, 0.717) is 17.7 Å². The van der Waals surface area contributed by atoms with Crippen LogP contribution in [0.4, 0.5) is 10.1 Å². The molecule has 4 unspecified atom stereocenters. The molecular formula is C33H37FN2O5. The number of carboxylic acid groups (broad SMARTS) is 1. The molecule has 3 aromatic rings. The molecule has 0 saturated heterocycles. The van der Waals surface area contributed by atoms with Crippen molar-refractivity contribution < 1.29 is 29.3 Å². The fourth-order valence-corrected chi connectivity index (χ4v) is 5.76. The summed E-state index contributed by atoms with van der Waals surface area (Å²) < 4.78 is 14.1. The van der Waals surface area contributed by atoms with Crippen LogP contribution in [0.5, 0.6) is 0 Å². The molecule has 8 heteroatoms. The van der Waals surface area contributed by atoms with Crippen LogP contribution >= 0.6 is 0 Å². The molecule has 1 aliphatic heterocycles. The van der Waals surface area contributed by atoms with Crippen LogP contribution in [0.1, 0.15) is 56.6 Å². The Labute approximate surface area is 239 Å². The lowest BCUT2D eigenvalue weighted by atomic mass is 9.70. The van der Waals surface area contributed by atoms with Crippen LogP contribution in [0.2, 0.25) is 0 Å². The number of hydrogen-bond acceptors (Lipinski definition) is 5. The minimum absolute atomic E-state index is 0.0672. The Bertz CT molecular complexity index is 1360. The number of amides is 1. The Hall–Kier alpha value is -4.01. The van der Waals surface area contributed by atoms with E-state index < -0.39 is 41.9 Å². The Morgan fingerprint density at radius 1 is 0.927 bits per heavy atom. The van der Waals surface area contributed by atoms with Gasteiger partial charge in [-0.1, -0.05) is 74.5 Å². The normalized spacial score (nSPS) is 20.0. The fraction of sp³-hybridized carbons (Fsp3) is 0.333. The van der Waals surface area contributed by atoms with Gasteiger partial charge in [-0.2, -0.15) is 0 Å². The number of nitrogens with one attached hydrogen (secondary N) is 2. The molecule has 216 valence electrons. The third-order valence-corrected chi connectivity index (χ3v) is 7.60. The maximum absolute atomic E-state index is 14.1. The number of aliphatic carboxylic acids is 1. The number of rotatable bonds is 12. The number of carboxylic acids is 1. The summed E-state index contributed by atoms with van der Waals surface area (Å²) in [6, 6.07) is 25.0. The van der Waals surface area contributed by atoms with Gasteiger partial charge >= 0.3 is 5.97 Å². The largest absolute Gasteiger partial charge is 0.481 e. The number of aliphatic hydroxyl groups excluding tert-OH is 2. The summed E-state index contributed by atoms with van der Waals surface area (Å²) in [7, 11) is 0. The van der Waals surface area contributed by atoms with Gasteiger partial charge in [-0.3, -0.25) is 9.59 Å². The third-order valence-electron chi connectivity index (χ3n) is 7.60. The van der Waals surface area contributed by atoms with Crippen LogP contribution in [0.3, 0.4) is 0 Å². The Morgan fingerprint density at radius 2 is 1.54 bits per heavy atom. The second kappa shape index (κ2) is 13.1. The van der Waals surface area contributed by atoms with Gasteiger partial charge < -0.3 is 26.0 Å². The second-order valence-corrected chi connectivity index (χ2v) is 10.9. The zero-order valence-electron chi connectivity index (χ0n) is 23.3.